The molecular weight excluding hydrogens is 294 g/mol. The van der Waals surface area contributed by atoms with E-state index in [4.69, 9.17) is 44.3 Å². The van der Waals surface area contributed by atoms with Gasteiger partial charge in [-0.1, -0.05) is 34.8 Å². The first kappa shape index (κ1) is 13.3. The molecule has 0 atom stereocenters. The second kappa shape index (κ2) is 5.70. The molecule has 0 heterocycles. The van der Waals surface area contributed by atoms with E-state index in [0.717, 1.165) is 0 Å². The predicted molar refractivity (Wildman–Crippen MR) is 74.5 cm³/mol. The Hall–Kier alpha value is -1.09. The second-order valence-electron chi connectivity index (χ2n) is 3.47. The van der Waals surface area contributed by atoms with Gasteiger partial charge in [0.2, 0.25) is 0 Å². The maximum absolute atomic E-state index is 6.00. The number of hydrogen-bond acceptors (Lipinski definition) is 2. The Morgan fingerprint density at radius 1 is 0.778 bits per heavy atom. The Labute approximate surface area is 120 Å². The van der Waals surface area contributed by atoms with Crippen LogP contribution in [0, 0.1) is 0 Å². The average molecular weight is 304 g/mol. The van der Waals surface area contributed by atoms with E-state index in [1.807, 2.05) is 0 Å². The molecule has 0 bridgehead atoms. The molecule has 2 aromatic carbocycles. The van der Waals surface area contributed by atoms with Crippen LogP contribution in [-0.4, -0.2) is 7.11 Å². The molecule has 2 rings (SSSR count). The molecule has 0 saturated carbocycles. The molecule has 0 spiro atoms. The Bertz CT molecular complexity index is 570. The molecule has 0 N–H and O–H groups in total. The van der Waals surface area contributed by atoms with Crippen LogP contribution in [0.1, 0.15) is 0 Å². The SMILES string of the molecule is COc1ccc(Oc2ccc(Cl)c(Cl)c2)cc1Cl. The summed E-state index contributed by atoms with van der Waals surface area (Å²) >= 11 is 17.7. The summed E-state index contributed by atoms with van der Waals surface area (Å²) in [5.41, 5.74) is 0. The van der Waals surface area contributed by atoms with E-state index in [0.29, 0.717) is 32.3 Å². The molecule has 18 heavy (non-hydrogen) atoms. The monoisotopic (exact) mass is 302 g/mol. The van der Waals surface area contributed by atoms with Crippen LogP contribution in [0.15, 0.2) is 36.4 Å². The molecule has 0 amide bonds. The molecule has 2 nitrogen and oxygen atoms in total. The second-order valence-corrected chi connectivity index (χ2v) is 4.70. The molecule has 0 aromatic heterocycles. The number of benzene rings is 2. The van der Waals surface area contributed by atoms with E-state index < -0.39 is 0 Å². The van der Waals surface area contributed by atoms with Crippen molar-refractivity contribution >= 4 is 34.8 Å². The summed E-state index contributed by atoms with van der Waals surface area (Å²) in [6.45, 7) is 0. The molecule has 0 aliphatic rings. The van der Waals surface area contributed by atoms with Crippen molar-refractivity contribution in [2.75, 3.05) is 7.11 Å². The van der Waals surface area contributed by atoms with Gasteiger partial charge in [0.05, 0.1) is 22.2 Å². The number of methoxy groups -OCH3 is 1. The lowest BCUT2D eigenvalue weighted by Crippen LogP contribution is -1.87. The molecule has 0 saturated heterocycles. The highest BCUT2D eigenvalue weighted by molar-refractivity contribution is 6.42. The minimum absolute atomic E-state index is 0.439. The summed E-state index contributed by atoms with van der Waals surface area (Å²) in [6.07, 6.45) is 0. The first-order chi connectivity index (χ1) is 8.60. The third kappa shape index (κ3) is 3.02. The van der Waals surface area contributed by atoms with Crippen LogP contribution in [0.25, 0.3) is 0 Å². The van der Waals surface area contributed by atoms with Crippen molar-refractivity contribution in [1.82, 2.24) is 0 Å². The lowest BCUT2D eigenvalue weighted by Gasteiger charge is -2.08. The molecule has 0 aliphatic heterocycles. The summed E-state index contributed by atoms with van der Waals surface area (Å²) in [6, 6.07) is 10.2. The lowest BCUT2D eigenvalue weighted by atomic mass is 10.3. The molecule has 94 valence electrons. The highest BCUT2D eigenvalue weighted by Crippen LogP contribution is 2.33. The molecular formula is C13H9Cl3O2. The van der Waals surface area contributed by atoms with Gasteiger partial charge >= 0.3 is 0 Å². The van der Waals surface area contributed by atoms with Crippen LogP contribution in [-0.2, 0) is 0 Å². The molecule has 0 fully saturated rings. The fraction of sp³-hybridized carbons (Fsp3) is 0.0769. The molecule has 5 heteroatoms. The zero-order valence-corrected chi connectivity index (χ0v) is 11.7. The van der Waals surface area contributed by atoms with Crippen LogP contribution in [0.3, 0.4) is 0 Å². The summed E-state index contributed by atoms with van der Waals surface area (Å²) < 4.78 is 10.7. The highest BCUT2D eigenvalue weighted by Gasteiger charge is 2.05. The minimum Gasteiger partial charge on any atom is -0.495 e. The first-order valence-corrected chi connectivity index (χ1v) is 6.20. The van der Waals surface area contributed by atoms with Crippen molar-refractivity contribution in [3.05, 3.63) is 51.5 Å². The summed E-state index contributed by atoms with van der Waals surface area (Å²) in [4.78, 5) is 0. The smallest absolute Gasteiger partial charge is 0.137 e. The van der Waals surface area contributed by atoms with Crippen LogP contribution < -0.4 is 9.47 Å². The Morgan fingerprint density at radius 3 is 1.94 bits per heavy atom. The maximum Gasteiger partial charge on any atom is 0.137 e. The fourth-order valence-corrected chi connectivity index (χ4v) is 1.92. The summed E-state index contributed by atoms with van der Waals surface area (Å²) in [5, 5.41) is 1.40. The van der Waals surface area contributed by atoms with Gasteiger partial charge < -0.3 is 9.47 Å². The zero-order valence-electron chi connectivity index (χ0n) is 9.41. The minimum atomic E-state index is 0.439. The van der Waals surface area contributed by atoms with E-state index in [-0.39, 0.29) is 0 Å². The Morgan fingerprint density at radius 2 is 1.39 bits per heavy atom. The summed E-state index contributed by atoms with van der Waals surface area (Å²) in [5.74, 6) is 1.78. The van der Waals surface area contributed by atoms with Crippen molar-refractivity contribution in [1.29, 1.82) is 0 Å². The van der Waals surface area contributed by atoms with Gasteiger partial charge in [-0.2, -0.15) is 0 Å². The van der Waals surface area contributed by atoms with Gasteiger partial charge in [-0.3, -0.25) is 0 Å². The van der Waals surface area contributed by atoms with Crippen molar-refractivity contribution < 1.29 is 9.47 Å². The van der Waals surface area contributed by atoms with E-state index in [1.165, 1.54) is 0 Å². The number of ether oxygens (including phenoxy) is 2. The first-order valence-electron chi connectivity index (χ1n) is 5.06. The maximum atomic E-state index is 6.00. The predicted octanol–water partition coefficient (Wildman–Crippen LogP) is 5.45. The van der Waals surface area contributed by atoms with Gasteiger partial charge in [-0.15, -0.1) is 0 Å². The number of hydrogen-bond donors (Lipinski definition) is 0. The van der Waals surface area contributed by atoms with E-state index in [9.17, 15) is 0 Å². The topological polar surface area (TPSA) is 18.5 Å². The van der Waals surface area contributed by atoms with Gasteiger partial charge in [0.25, 0.3) is 0 Å². The average Bonchev–Trinajstić information content (AvgIpc) is 2.34. The quantitative estimate of drug-likeness (QED) is 0.751. The molecule has 0 aliphatic carbocycles. The van der Waals surface area contributed by atoms with Crippen molar-refractivity contribution in [3.8, 4) is 17.2 Å². The zero-order chi connectivity index (χ0) is 13.1. The van der Waals surface area contributed by atoms with E-state index in [2.05, 4.69) is 0 Å². The third-order valence-corrected chi connectivity index (χ3v) is 3.28. The van der Waals surface area contributed by atoms with Gasteiger partial charge in [0, 0.05) is 12.1 Å². The van der Waals surface area contributed by atoms with Gasteiger partial charge in [-0.25, -0.2) is 0 Å². The van der Waals surface area contributed by atoms with Crippen molar-refractivity contribution in [2.45, 2.75) is 0 Å². The molecule has 0 unspecified atom stereocenters. The van der Waals surface area contributed by atoms with E-state index >= 15 is 0 Å². The van der Waals surface area contributed by atoms with Crippen LogP contribution in [0.4, 0.5) is 0 Å². The summed E-state index contributed by atoms with van der Waals surface area (Å²) in [7, 11) is 1.56. The third-order valence-electron chi connectivity index (χ3n) is 2.25. The van der Waals surface area contributed by atoms with Gasteiger partial charge in [0.15, 0.2) is 0 Å². The standard InChI is InChI=1S/C13H9Cl3O2/c1-17-13-5-3-9(7-12(13)16)18-8-2-4-10(14)11(15)6-8/h2-7H,1H3. The fourth-order valence-electron chi connectivity index (χ4n) is 1.39. The van der Waals surface area contributed by atoms with Crippen LogP contribution in [0.5, 0.6) is 17.2 Å². The van der Waals surface area contributed by atoms with E-state index in [1.54, 1.807) is 43.5 Å². The van der Waals surface area contributed by atoms with Gasteiger partial charge in [0.1, 0.15) is 17.2 Å². The lowest BCUT2D eigenvalue weighted by molar-refractivity contribution is 0.413. The van der Waals surface area contributed by atoms with Crippen molar-refractivity contribution in [2.24, 2.45) is 0 Å². The normalized spacial score (nSPS) is 10.2. The molecule has 2 aromatic rings. The number of rotatable bonds is 3. The Balaban J connectivity index is 2.23. The number of halogens is 3. The largest absolute Gasteiger partial charge is 0.495 e. The Kier molecular flexibility index (Phi) is 4.23. The highest BCUT2D eigenvalue weighted by atomic mass is 35.5. The van der Waals surface area contributed by atoms with Crippen LogP contribution in [0.2, 0.25) is 15.1 Å². The van der Waals surface area contributed by atoms with Crippen LogP contribution >= 0.6 is 34.8 Å². The van der Waals surface area contributed by atoms with Crippen molar-refractivity contribution in [3.63, 3.8) is 0 Å². The molecule has 0 radical (unpaired) electrons. The van der Waals surface area contributed by atoms with Gasteiger partial charge in [-0.05, 0) is 24.3 Å².